The summed E-state index contributed by atoms with van der Waals surface area (Å²) in [5.41, 5.74) is 1.31. The number of nitrogens with one attached hydrogen (secondary N) is 1. The Morgan fingerprint density at radius 3 is 2.43 bits per heavy atom. The van der Waals surface area contributed by atoms with Gasteiger partial charge in [0.1, 0.15) is 5.75 Å². The number of carbonyl (C=O) groups is 1. The van der Waals surface area contributed by atoms with Crippen molar-refractivity contribution >= 4 is 5.91 Å². The van der Waals surface area contributed by atoms with Crippen molar-refractivity contribution in [3.8, 4) is 5.75 Å². The second-order valence-corrected chi connectivity index (χ2v) is 9.81. The molecular formula is C24H34N2O2. The van der Waals surface area contributed by atoms with Crippen molar-refractivity contribution in [3.63, 3.8) is 0 Å². The van der Waals surface area contributed by atoms with E-state index in [0.717, 1.165) is 62.2 Å². The summed E-state index contributed by atoms with van der Waals surface area (Å²) in [5, 5.41) is 3.11. The minimum absolute atomic E-state index is 0.187. The molecule has 1 heterocycles. The van der Waals surface area contributed by atoms with Gasteiger partial charge in [-0.25, -0.2) is 0 Å². The third-order valence-electron chi connectivity index (χ3n) is 7.58. The second-order valence-electron chi connectivity index (χ2n) is 9.81. The number of amides is 1. The topological polar surface area (TPSA) is 41.6 Å². The minimum atomic E-state index is 0.187. The zero-order chi connectivity index (χ0) is 18.9. The Morgan fingerprint density at radius 1 is 1.04 bits per heavy atom. The van der Waals surface area contributed by atoms with E-state index < -0.39 is 0 Å². The summed E-state index contributed by atoms with van der Waals surface area (Å²) < 4.78 is 6.13. The van der Waals surface area contributed by atoms with Crippen molar-refractivity contribution in [2.75, 3.05) is 26.2 Å². The van der Waals surface area contributed by atoms with E-state index in [4.69, 9.17) is 4.74 Å². The van der Waals surface area contributed by atoms with Crippen LogP contribution in [0.15, 0.2) is 24.3 Å². The van der Waals surface area contributed by atoms with Gasteiger partial charge in [0, 0.05) is 26.2 Å². The maximum absolute atomic E-state index is 12.1. The zero-order valence-corrected chi connectivity index (χ0v) is 16.9. The lowest BCUT2D eigenvalue weighted by atomic mass is 9.65. The molecule has 5 fully saturated rings. The largest absolute Gasteiger partial charge is 0.493 e. The van der Waals surface area contributed by atoms with Crippen LogP contribution >= 0.6 is 0 Å². The van der Waals surface area contributed by atoms with E-state index in [9.17, 15) is 4.79 Å². The van der Waals surface area contributed by atoms with E-state index in [-0.39, 0.29) is 11.8 Å². The number of ether oxygens (including phenoxy) is 1. The van der Waals surface area contributed by atoms with E-state index in [1.54, 1.807) is 0 Å². The van der Waals surface area contributed by atoms with E-state index in [1.165, 1.54) is 50.5 Å². The highest BCUT2D eigenvalue weighted by Gasteiger charge is 2.36. The van der Waals surface area contributed by atoms with Crippen molar-refractivity contribution in [1.29, 1.82) is 0 Å². The summed E-state index contributed by atoms with van der Waals surface area (Å²) in [6.07, 6.45) is 9.72. The molecule has 152 valence electrons. The lowest BCUT2D eigenvalue weighted by Crippen LogP contribution is -2.53. The predicted octanol–water partition coefficient (Wildman–Crippen LogP) is 3.85. The zero-order valence-electron chi connectivity index (χ0n) is 16.9. The molecule has 1 aromatic rings. The summed E-state index contributed by atoms with van der Waals surface area (Å²) in [6.45, 7) is 4.49. The molecule has 0 radical (unpaired) electrons. The van der Waals surface area contributed by atoms with Gasteiger partial charge in [0.25, 0.3) is 0 Å². The molecule has 1 saturated heterocycles. The molecule has 0 spiro atoms. The average molecular weight is 383 g/mol. The fraction of sp³-hybridized carbons (Fsp3) is 0.708. The molecule has 4 heteroatoms. The SMILES string of the molecule is O=C(NCC1CC1)C1CN(Cc2ccc(OCC3CC4CCC3CC4)cc2)C1. The smallest absolute Gasteiger partial charge is 0.225 e. The van der Waals surface area contributed by atoms with Crippen LogP contribution in [0.5, 0.6) is 5.75 Å². The van der Waals surface area contributed by atoms with Gasteiger partial charge < -0.3 is 10.1 Å². The molecular weight excluding hydrogens is 348 g/mol. The third-order valence-corrected chi connectivity index (χ3v) is 7.58. The van der Waals surface area contributed by atoms with Crippen LogP contribution in [0.25, 0.3) is 0 Å². The van der Waals surface area contributed by atoms with Gasteiger partial charge in [-0.15, -0.1) is 0 Å². The molecule has 2 bridgehead atoms. The Bertz CT molecular complexity index is 670. The normalized spacial score (nSPS) is 30.1. The van der Waals surface area contributed by atoms with Gasteiger partial charge >= 0.3 is 0 Å². The number of fused-ring (bicyclic) bond motifs is 3. The first kappa shape index (κ1) is 18.5. The first-order valence-electron chi connectivity index (χ1n) is 11.4. The fourth-order valence-electron chi connectivity index (χ4n) is 5.45. The Kier molecular flexibility index (Phi) is 5.32. The predicted molar refractivity (Wildman–Crippen MR) is 110 cm³/mol. The van der Waals surface area contributed by atoms with Gasteiger partial charge in [0.05, 0.1) is 12.5 Å². The van der Waals surface area contributed by atoms with Crippen LogP contribution in [0.3, 0.4) is 0 Å². The number of nitrogens with zero attached hydrogens (tertiary/aromatic N) is 1. The standard InChI is InChI=1S/C24H34N2O2/c27-24(25-12-18-1-2-18)22-14-26(15-22)13-19-5-9-23(10-6-19)28-16-21-11-17-3-7-20(21)8-4-17/h5-6,9-10,17-18,20-22H,1-4,7-8,11-16H2,(H,25,27). The molecule has 1 amide bonds. The third kappa shape index (κ3) is 4.37. The van der Waals surface area contributed by atoms with Crippen LogP contribution in [0.1, 0.15) is 50.5 Å². The fourth-order valence-corrected chi connectivity index (χ4v) is 5.45. The molecule has 4 aliphatic carbocycles. The molecule has 1 aromatic carbocycles. The second kappa shape index (κ2) is 8.06. The van der Waals surface area contributed by atoms with E-state index >= 15 is 0 Å². The summed E-state index contributed by atoms with van der Waals surface area (Å²) in [6, 6.07) is 8.61. The van der Waals surface area contributed by atoms with Crippen LogP contribution in [-0.4, -0.2) is 37.0 Å². The number of benzene rings is 1. The first-order valence-corrected chi connectivity index (χ1v) is 11.4. The molecule has 4 saturated carbocycles. The van der Waals surface area contributed by atoms with Crippen LogP contribution in [0.2, 0.25) is 0 Å². The quantitative estimate of drug-likeness (QED) is 0.742. The Balaban J connectivity index is 1.03. The lowest BCUT2D eigenvalue weighted by molar-refractivity contribution is -0.130. The lowest BCUT2D eigenvalue weighted by Gasteiger charge is -2.42. The van der Waals surface area contributed by atoms with Gasteiger partial charge in [-0.1, -0.05) is 25.0 Å². The van der Waals surface area contributed by atoms with E-state index in [2.05, 4.69) is 34.5 Å². The van der Waals surface area contributed by atoms with Gasteiger partial charge in [-0.2, -0.15) is 0 Å². The highest BCUT2D eigenvalue weighted by molar-refractivity contribution is 5.80. The molecule has 28 heavy (non-hydrogen) atoms. The summed E-state index contributed by atoms with van der Waals surface area (Å²) in [5.74, 6) is 4.86. The van der Waals surface area contributed by atoms with Gasteiger partial charge in [0.15, 0.2) is 0 Å². The van der Waals surface area contributed by atoms with E-state index in [0.29, 0.717) is 0 Å². The van der Waals surface area contributed by atoms with Crippen molar-refractivity contribution in [1.82, 2.24) is 10.2 Å². The summed E-state index contributed by atoms with van der Waals surface area (Å²) >= 11 is 0. The Morgan fingerprint density at radius 2 is 1.79 bits per heavy atom. The summed E-state index contributed by atoms with van der Waals surface area (Å²) in [7, 11) is 0. The van der Waals surface area contributed by atoms with Gasteiger partial charge in [-0.05, 0) is 73.5 Å². The highest BCUT2D eigenvalue weighted by Crippen LogP contribution is 2.45. The van der Waals surface area contributed by atoms with Crippen molar-refractivity contribution in [2.24, 2.45) is 29.6 Å². The highest BCUT2D eigenvalue weighted by atomic mass is 16.5. The molecule has 6 rings (SSSR count). The molecule has 1 unspecified atom stereocenters. The van der Waals surface area contributed by atoms with Crippen molar-refractivity contribution in [2.45, 2.75) is 51.5 Å². The van der Waals surface area contributed by atoms with Crippen LogP contribution in [-0.2, 0) is 11.3 Å². The van der Waals surface area contributed by atoms with Crippen LogP contribution in [0.4, 0.5) is 0 Å². The summed E-state index contributed by atoms with van der Waals surface area (Å²) in [4.78, 5) is 14.5. The van der Waals surface area contributed by atoms with E-state index in [1.807, 2.05) is 0 Å². The number of rotatable bonds is 8. The minimum Gasteiger partial charge on any atom is -0.493 e. The Hall–Kier alpha value is -1.55. The number of hydrogen-bond acceptors (Lipinski definition) is 3. The maximum Gasteiger partial charge on any atom is 0.225 e. The molecule has 1 N–H and O–H groups in total. The maximum atomic E-state index is 12.1. The molecule has 5 aliphatic rings. The van der Waals surface area contributed by atoms with Crippen LogP contribution in [0, 0.1) is 29.6 Å². The molecule has 4 nitrogen and oxygen atoms in total. The van der Waals surface area contributed by atoms with Gasteiger partial charge in [-0.3, -0.25) is 9.69 Å². The van der Waals surface area contributed by atoms with Gasteiger partial charge in [0.2, 0.25) is 5.91 Å². The molecule has 0 aromatic heterocycles. The first-order chi connectivity index (χ1) is 13.7. The van der Waals surface area contributed by atoms with Crippen LogP contribution < -0.4 is 10.1 Å². The van der Waals surface area contributed by atoms with Crippen molar-refractivity contribution < 1.29 is 9.53 Å². The number of hydrogen-bond donors (Lipinski definition) is 1. The molecule has 1 atom stereocenters. The molecule has 1 aliphatic heterocycles. The van der Waals surface area contributed by atoms with Crippen molar-refractivity contribution in [3.05, 3.63) is 29.8 Å². The number of likely N-dealkylation sites (tertiary alicyclic amines) is 1. The monoisotopic (exact) mass is 382 g/mol. The number of carbonyl (C=O) groups excluding carboxylic acids is 1. The Labute approximate surface area is 169 Å². The average Bonchev–Trinajstić information content (AvgIpc) is 3.53.